The molecule has 1 heterocycles. The van der Waals surface area contributed by atoms with E-state index in [1.165, 1.54) is 30.6 Å². The van der Waals surface area contributed by atoms with Crippen LogP contribution in [0.25, 0.3) is 0 Å². The third-order valence-corrected chi connectivity index (χ3v) is 5.57. The molecule has 1 amide bonds. The van der Waals surface area contributed by atoms with E-state index in [9.17, 15) is 4.79 Å². The molecule has 1 saturated carbocycles. The first-order chi connectivity index (χ1) is 10.2. The molecule has 0 aromatic heterocycles. The lowest BCUT2D eigenvalue weighted by molar-refractivity contribution is -0.121. The minimum atomic E-state index is -0.878. The van der Waals surface area contributed by atoms with Crippen molar-refractivity contribution in [3.63, 3.8) is 0 Å². The number of benzene rings is 1. The van der Waals surface area contributed by atoms with Crippen molar-refractivity contribution in [3.05, 3.63) is 24.3 Å². The van der Waals surface area contributed by atoms with Crippen molar-refractivity contribution in [1.29, 1.82) is 0 Å². The van der Waals surface area contributed by atoms with E-state index in [1.54, 1.807) is 0 Å². The number of anilines is 1. The molecule has 0 radical (unpaired) electrons. The smallest absolute Gasteiger partial charge is 0.246 e. The van der Waals surface area contributed by atoms with Crippen molar-refractivity contribution in [3.8, 4) is 0 Å². The van der Waals surface area contributed by atoms with E-state index in [2.05, 4.69) is 17.4 Å². The number of carbonyl (C=O) groups excluding carboxylic acids is 1. The number of hydrogen-bond donors (Lipinski definition) is 2. The average molecular weight is 306 g/mol. The zero-order chi connectivity index (χ0) is 14.7. The highest BCUT2D eigenvalue weighted by Crippen LogP contribution is 2.35. The standard InChI is InChI=1S/C16H22N2O2S/c17-16(9-10-20-11-16)15(19)18-12-5-7-14(8-6-12)21-13-3-1-2-4-13/h5-8,13H,1-4,9-11,17H2,(H,18,19). The molecule has 2 aliphatic rings. The van der Waals surface area contributed by atoms with Crippen LogP contribution in [0.15, 0.2) is 29.2 Å². The Hall–Kier alpha value is -1.04. The summed E-state index contributed by atoms with van der Waals surface area (Å²) in [5.74, 6) is -0.156. The summed E-state index contributed by atoms with van der Waals surface area (Å²) in [4.78, 5) is 13.4. The Kier molecular flexibility index (Phi) is 4.52. The predicted molar refractivity (Wildman–Crippen MR) is 85.5 cm³/mol. The van der Waals surface area contributed by atoms with Gasteiger partial charge in [-0.05, 0) is 43.5 Å². The fourth-order valence-electron chi connectivity index (χ4n) is 2.83. The lowest BCUT2D eigenvalue weighted by atomic mass is 9.99. The summed E-state index contributed by atoms with van der Waals surface area (Å²) < 4.78 is 5.22. The molecule has 3 N–H and O–H groups in total. The molecular formula is C16H22N2O2S. The number of carbonyl (C=O) groups is 1. The van der Waals surface area contributed by atoms with Gasteiger partial charge in [-0.2, -0.15) is 0 Å². The molecule has 1 unspecified atom stereocenters. The first-order valence-electron chi connectivity index (χ1n) is 7.60. The van der Waals surface area contributed by atoms with Crippen molar-refractivity contribution in [2.75, 3.05) is 18.5 Å². The summed E-state index contributed by atoms with van der Waals surface area (Å²) in [6.07, 6.45) is 5.92. The van der Waals surface area contributed by atoms with E-state index in [4.69, 9.17) is 10.5 Å². The van der Waals surface area contributed by atoms with Crippen LogP contribution in [0.5, 0.6) is 0 Å². The van der Waals surface area contributed by atoms with Gasteiger partial charge in [0.1, 0.15) is 5.54 Å². The summed E-state index contributed by atoms with van der Waals surface area (Å²) in [5, 5.41) is 3.65. The average Bonchev–Trinajstić information content (AvgIpc) is 3.13. The summed E-state index contributed by atoms with van der Waals surface area (Å²) in [5.41, 5.74) is 5.97. The topological polar surface area (TPSA) is 64.4 Å². The third kappa shape index (κ3) is 3.59. The summed E-state index contributed by atoms with van der Waals surface area (Å²) in [6, 6.07) is 8.06. The van der Waals surface area contributed by atoms with Crippen LogP contribution in [-0.2, 0) is 9.53 Å². The molecule has 2 fully saturated rings. The van der Waals surface area contributed by atoms with Gasteiger partial charge in [-0.1, -0.05) is 12.8 Å². The Bertz CT molecular complexity index is 492. The molecule has 3 rings (SSSR count). The Morgan fingerprint density at radius 2 is 2.00 bits per heavy atom. The first-order valence-corrected chi connectivity index (χ1v) is 8.48. The molecule has 1 atom stereocenters. The Morgan fingerprint density at radius 3 is 2.62 bits per heavy atom. The van der Waals surface area contributed by atoms with Crippen LogP contribution in [-0.4, -0.2) is 29.9 Å². The van der Waals surface area contributed by atoms with Crippen LogP contribution in [0.3, 0.4) is 0 Å². The van der Waals surface area contributed by atoms with E-state index in [1.807, 2.05) is 23.9 Å². The van der Waals surface area contributed by atoms with E-state index >= 15 is 0 Å². The molecule has 4 nitrogen and oxygen atoms in total. The Morgan fingerprint density at radius 1 is 1.29 bits per heavy atom. The molecule has 1 aromatic carbocycles. The number of nitrogens with two attached hydrogens (primary N) is 1. The van der Waals surface area contributed by atoms with Gasteiger partial charge in [0, 0.05) is 22.4 Å². The molecule has 1 aromatic rings. The fraction of sp³-hybridized carbons (Fsp3) is 0.562. The Balaban J connectivity index is 1.57. The van der Waals surface area contributed by atoms with Crippen LogP contribution >= 0.6 is 11.8 Å². The number of thioether (sulfide) groups is 1. The van der Waals surface area contributed by atoms with Gasteiger partial charge in [-0.15, -0.1) is 11.8 Å². The van der Waals surface area contributed by atoms with Crippen LogP contribution in [0.4, 0.5) is 5.69 Å². The minimum Gasteiger partial charge on any atom is -0.379 e. The van der Waals surface area contributed by atoms with Crippen LogP contribution in [0, 0.1) is 0 Å². The number of hydrogen-bond acceptors (Lipinski definition) is 4. The molecule has 0 spiro atoms. The number of amides is 1. The lowest BCUT2D eigenvalue weighted by Crippen LogP contribution is -2.51. The molecule has 5 heteroatoms. The lowest BCUT2D eigenvalue weighted by Gasteiger charge is -2.20. The molecular weight excluding hydrogens is 284 g/mol. The van der Waals surface area contributed by atoms with E-state index in [-0.39, 0.29) is 5.91 Å². The first kappa shape index (κ1) is 14.9. The highest BCUT2D eigenvalue weighted by molar-refractivity contribution is 8.00. The van der Waals surface area contributed by atoms with Gasteiger partial charge in [-0.3, -0.25) is 4.79 Å². The summed E-state index contributed by atoms with van der Waals surface area (Å²) in [6.45, 7) is 0.856. The van der Waals surface area contributed by atoms with Crippen LogP contribution in [0.1, 0.15) is 32.1 Å². The number of ether oxygens (including phenoxy) is 1. The van der Waals surface area contributed by atoms with Crippen LogP contribution < -0.4 is 11.1 Å². The van der Waals surface area contributed by atoms with E-state index < -0.39 is 5.54 Å². The maximum absolute atomic E-state index is 12.2. The summed E-state index contributed by atoms with van der Waals surface area (Å²) in [7, 11) is 0. The van der Waals surface area contributed by atoms with Gasteiger partial charge in [0.05, 0.1) is 6.61 Å². The van der Waals surface area contributed by atoms with Crippen molar-refractivity contribution in [1.82, 2.24) is 0 Å². The van der Waals surface area contributed by atoms with Gasteiger partial charge >= 0.3 is 0 Å². The quantitative estimate of drug-likeness (QED) is 0.898. The predicted octanol–water partition coefficient (Wildman–Crippen LogP) is 2.78. The maximum Gasteiger partial charge on any atom is 0.246 e. The van der Waals surface area contributed by atoms with Crippen molar-refractivity contribution in [2.24, 2.45) is 5.73 Å². The highest BCUT2D eigenvalue weighted by atomic mass is 32.2. The van der Waals surface area contributed by atoms with Gasteiger partial charge in [0.15, 0.2) is 0 Å². The molecule has 1 aliphatic carbocycles. The zero-order valence-corrected chi connectivity index (χ0v) is 13.0. The monoisotopic (exact) mass is 306 g/mol. The second-order valence-electron chi connectivity index (χ2n) is 5.96. The minimum absolute atomic E-state index is 0.156. The summed E-state index contributed by atoms with van der Waals surface area (Å²) >= 11 is 1.95. The molecule has 114 valence electrons. The van der Waals surface area contributed by atoms with Gasteiger partial charge < -0.3 is 15.8 Å². The van der Waals surface area contributed by atoms with E-state index in [0.717, 1.165) is 10.9 Å². The van der Waals surface area contributed by atoms with Crippen molar-refractivity contribution in [2.45, 2.75) is 47.8 Å². The van der Waals surface area contributed by atoms with Gasteiger partial charge in [0.25, 0.3) is 0 Å². The number of nitrogens with one attached hydrogen (secondary N) is 1. The molecule has 1 saturated heterocycles. The second-order valence-corrected chi connectivity index (χ2v) is 7.34. The van der Waals surface area contributed by atoms with Gasteiger partial charge in [0.2, 0.25) is 5.91 Å². The SMILES string of the molecule is NC1(C(=O)Nc2ccc(SC3CCCC3)cc2)CCOC1. The van der Waals surface area contributed by atoms with Crippen LogP contribution in [0.2, 0.25) is 0 Å². The van der Waals surface area contributed by atoms with Gasteiger partial charge in [-0.25, -0.2) is 0 Å². The van der Waals surface area contributed by atoms with Crippen molar-refractivity contribution >= 4 is 23.4 Å². The second kappa shape index (κ2) is 6.38. The number of rotatable bonds is 4. The highest BCUT2D eigenvalue weighted by Gasteiger charge is 2.38. The maximum atomic E-state index is 12.2. The Labute approximate surface area is 129 Å². The fourth-order valence-corrected chi connectivity index (χ4v) is 4.08. The molecule has 1 aliphatic heterocycles. The van der Waals surface area contributed by atoms with E-state index in [0.29, 0.717) is 19.6 Å². The normalized spacial score (nSPS) is 26.1. The molecule has 21 heavy (non-hydrogen) atoms. The largest absolute Gasteiger partial charge is 0.379 e. The van der Waals surface area contributed by atoms with Crippen molar-refractivity contribution < 1.29 is 9.53 Å². The third-order valence-electron chi connectivity index (χ3n) is 4.22. The zero-order valence-electron chi connectivity index (χ0n) is 12.1. The molecule has 0 bridgehead atoms.